The van der Waals surface area contributed by atoms with Gasteiger partial charge in [0.25, 0.3) is 11.8 Å². The summed E-state index contributed by atoms with van der Waals surface area (Å²) in [5, 5.41) is 15.5. The third-order valence-electron chi connectivity index (χ3n) is 11.2. The number of fused-ring (bicyclic) bond motifs is 1. The number of rotatable bonds is 13. The second-order valence-corrected chi connectivity index (χ2v) is 15.2. The van der Waals surface area contributed by atoms with Gasteiger partial charge < -0.3 is 25.6 Å². The van der Waals surface area contributed by atoms with E-state index in [1.165, 1.54) is 28.7 Å². The lowest BCUT2D eigenvalue weighted by molar-refractivity contribution is 0.0904. The average Bonchev–Trinajstić information content (AvgIpc) is 3.53. The van der Waals surface area contributed by atoms with Crippen molar-refractivity contribution in [3.8, 4) is 11.1 Å². The van der Waals surface area contributed by atoms with Crippen molar-refractivity contribution in [2.75, 3.05) is 51.8 Å². The van der Waals surface area contributed by atoms with Gasteiger partial charge in [0.15, 0.2) is 5.65 Å². The minimum atomic E-state index is -0.253. The molecule has 0 radical (unpaired) electrons. The first-order valence-electron chi connectivity index (χ1n) is 20.3. The molecule has 0 atom stereocenters. The lowest BCUT2D eigenvalue weighted by Gasteiger charge is -2.26. The van der Waals surface area contributed by atoms with E-state index in [-0.39, 0.29) is 17.9 Å². The van der Waals surface area contributed by atoms with Gasteiger partial charge in [-0.25, -0.2) is 9.67 Å². The third-order valence-corrected chi connectivity index (χ3v) is 11.2. The van der Waals surface area contributed by atoms with Crippen LogP contribution in [0.15, 0.2) is 72.9 Å². The average molecular weight is 757 g/mol. The van der Waals surface area contributed by atoms with Crippen molar-refractivity contribution < 1.29 is 14.3 Å². The number of aromatic nitrogens is 3. The summed E-state index contributed by atoms with van der Waals surface area (Å²) in [6.45, 7) is 14.5. The Morgan fingerprint density at radius 1 is 0.857 bits per heavy atom. The first kappa shape index (κ1) is 39.1. The molecule has 294 valence electrons. The highest BCUT2D eigenvalue weighted by molar-refractivity contribution is 6.00. The number of ether oxygens (including phenoxy) is 1. The molecule has 0 aliphatic carbocycles. The Kier molecular flexibility index (Phi) is 12.7. The van der Waals surface area contributed by atoms with Crippen molar-refractivity contribution in [3.05, 3.63) is 112 Å². The van der Waals surface area contributed by atoms with Gasteiger partial charge >= 0.3 is 0 Å². The highest BCUT2D eigenvalue weighted by Crippen LogP contribution is 2.32. The molecule has 56 heavy (non-hydrogen) atoms. The predicted octanol–water partition coefficient (Wildman–Crippen LogP) is 6.58. The number of nitrogens with zero attached hydrogens (tertiary/aromatic N) is 5. The summed E-state index contributed by atoms with van der Waals surface area (Å²) < 4.78 is 7.52. The number of carbonyl (C=O) groups excluding carboxylic acids is 2. The molecule has 3 N–H and O–H groups in total. The van der Waals surface area contributed by atoms with E-state index in [9.17, 15) is 9.59 Å². The monoisotopic (exact) mass is 756 g/mol. The summed E-state index contributed by atoms with van der Waals surface area (Å²) in [6, 6.07) is 22.4. The van der Waals surface area contributed by atoms with E-state index in [0.29, 0.717) is 37.2 Å². The Labute approximate surface area is 330 Å². The summed E-state index contributed by atoms with van der Waals surface area (Å²) in [6.07, 6.45) is 5.58. The minimum Gasteiger partial charge on any atom is -0.381 e. The summed E-state index contributed by atoms with van der Waals surface area (Å²) >= 11 is 0. The van der Waals surface area contributed by atoms with Gasteiger partial charge in [0.05, 0.1) is 17.3 Å². The van der Waals surface area contributed by atoms with E-state index >= 15 is 0 Å². The van der Waals surface area contributed by atoms with E-state index in [4.69, 9.17) is 9.72 Å². The van der Waals surface area contributed by atoms with Crippen LogP contribution in [0.25, 0.3) is 22.2 Å². The van der Waals surface area contributed by atoms with Crippen molar-refractivity contribution >= 4 is 28.5 Å². The van der Waals surface area contributed by atoms with Crippen molar-refractivity contribution in [3.63, 3.8) is 0 Å². The van der Waals surface area contributed by atoms with Gasteiger partial charge in [0.1, 0.15) is 0 Å². The van der Waals surface area contributed by atoms with Gasteiger partial charge in [-0.05, 0) is 118 Å². The molecule has 5 aromatic rings. The number of amides is 2. The van der Waals surface area contributed by atoms with Crippen molar-refractivity contribution in [1.29, 1.82) is 0 Å². The molecule has 11 nitrogen and oxygen atoms in total. The molecule has 2 amide bonds. The molecule has 7 rings (SSSR count). The number of hydrogen-bond donors (Lipinski definition) is 3. The van der Waals surface area contributed by atoms with Crippen LogP contribution in [0, 0.1) is 6.92 Å². The van der Waals surface area contributed by atoms with Crippen LogP contribution in [-0.4, -0.2) is 88.9 Å². The lowest BCUT2D eigenvalue weighted by atomic mass is 9.96. The van der Waals surface area contributed by atoms with Gasteiger partial charge in [-0.1, -0.05) is 43.3 Å². The van der Waals surface area contributed by atoms with Crippen LogP contribution in [0.2, 0.25) is 0 Å². The predicted molar refractivity (Wildman–Crippen MR) is 223 cm³/mol. The highest BCUT2D eigenvalue weighted by atomic mass is 16.5. The SMILES string of the molecule is CCc1nc2c(cnn2CC)c(NC2CCOCC2)c1CNC(=O)c1cccc(C(=O)NCc2ccc(C)c(-c3cccc(CN4CCCN(C)CC4)c3)c2)c1. The Morgan fingerprint density at radius 2 is 1.62 bits per heavy atom. The fourth-order valence-corrected chi connectivity index (χ4v) is 7.90. The molecule has 2 aliphatic heterocycles. The Morgan fingerprint density at radius 3 is 2.39 bits per heavy atom. The summed E-state index contributed by atoms with van der Waals surface area (Å²) in [5.74, 6) is -0.484. The maximum Gasteiger partial charge on any atom is 0.251 e. The van der Waals surface area contributed by atoms with E-state index in [1.807, 2.05) is 10.9 Å². The number of pyridine rings is 1. The van der Waals surface area contributed by atoms with E-state index in [1.54, 1.807) is 24.3 Å². The molecule has 0 saturated carbocycles. The van der Waals surface area contributed by atoms with Crippen LogP contribution in [0.1, 0.15) is 81.8 Å². The molecule has 2 aromatic heterocycles. The number of anilines is 1. The zero-order valence-electron chi connectivity index (χ0n) is 33.4. The van der Waals surface area contributed by atoms with Crippen molar-refractivity contribution in [2.45, 2.75) is 78.7 Å². The van der Waals surface area contributed by atoms with Crippen LogP contribution in [0.3, 0.4) is 0 Å². The maximum atomic E-state index is 13.6. The number of nitrogens with one attached hydrogen (secondary N) is 3. The summed E-state index contributed by atoms with van der Waals surface area (Å²) in [7, 11) is 2.20. The second kappa shape index (κ2) is 18.2. The first-order chi connectivity index (χ1) is 27.3. The van der Waals surface area contributed by atoms with Gasteiger partial charge in [-0.2, -0.15) is 5.10 Å². The molecule has 11 heteroatoms. The second-order valence-electron chi connectivity index (χ2n) is 15.2. The van der Waals surface area contributed by atoms with E-state index < -0.39 is 0 Å². The van der Waals surface area contributed by atoms with Crippen LogP contribution in [0.4, 0.5) is 5.69 Å². The van der Waals surface area contributed by atoms with Gasteiger partial charge in [0, 0.05) is 80.9 Å². The van der Waals surface area contributed by atoms with Crippen molar-refractivity contribution in [2.24, 2.45) is 0 Å². The zero-order valence-corrected chi connectivity index (χ0v) is 33.4. The Balaban J connectivity index is 1.01. The molecular formula is C45H56N8O3. The van der Waals surface area contributed by atoms with E-state index in [0.717, 1.165) is 92.3 Å². The van der Waals surface area contributed by atoms with Gasteiger partial charge in [0.2, 0.25) is 0 Å². The third kappa shape index (κ3) is 9.29. The van der Waals surface area contributed by atoms with E-state index in [2.05, 4.69) is 101 Å². The molecule has 0 spiro atoms. The molecule has 3 aromatic carbocycles. The van der Waals surface area contributed by atoms with Crippen LogP contribution >= 0.6 is 0 Å². The maximum absolute atomic E-state index is 13.6. The normalized spacial score (nSPS) is 15.8. The van der Waals surface area contributed by atoms with Crippen LogP contribution in [0.5, 0.6) is 0 Å². The van der Waals surface area contributed by atoms with Gasteiger partial charge in [-0.3, -0.25) is 14.5 Å². The molecule has 0 unspecified atom stereocenters. The van der Waals surface area contributed by atoms with Crippen LogP contribution in [-0.2, 0) is 37.3 Å². The molecule has 4 heterocycles. The summed E-state index contributed by atoms with van der Waals surface area (Å²) in [4.78, 5) is 37.0. The summed E-state index contributed by atoms with van der Waals surface area (Å²) in [5.41, 5.74) is 10.4. The quantitative estimate of drug-likeness (QED) is 0.124. The fourth-order valence-electron chi connectivity index (χ4n) is 7.90. The highest BCUT2D eigenvalue weighted by Gasteiger charge is 2.23. The van der Waals surface area contributed by atoms with Crippen LogP contribution < -0.4 is 16.0 Å². The first-order valence-corrected chi connectivity index (χ1v) is 20.3. The standard InChI is InChI=1S/C45H56N8O3/c1-5-41-39(42(49-37-16-22-56-23-17-37)40-29-48-53(6-2)43(40)50-41)28-47-45(55)36-13-8-12-35(26-36)44(54)46-27-32-15-14-31(3)38(25-32)34-11-7-10-33(24-34)30-52-19-9-18-51(4)20-21-52/h7-8,10-15,24-26,29,37H,5-6,9,16-23,27-28,30H2,1-4H3,(H,46,54)(H,47,55)(H,49,50). The fraction of sp³-hybridized carbons (Fsp3) is 0.422. The number of aryl methyl sites for hydroxylation is 3. The molecule has 2 aliphatic rings. The topological polar surface area (TPSA) is 117 Å². The number of benzene rings is 3. The van der Waals surface area contributed by atoms with Crippen molar-refractivity contribution in [1.82, 2.24) is 35.2 Å². The zero-order chi connectivity index (χ0) is 39.0. The molecular weight excluding hydrogens is 701 g/mol. The smallest absolute Gasteiger partial charge is 0.251 e. The minimum absolute atomic E-state index is 0.231. The Bertz CT molecular complexity index is 2160. The Hall–Kier alpha value is -5.10. The van der Waals surface area contributed by atoms with Gasteiger partial charge in [-0.15, -0.1) is 0 Å². The molecule has 0 bridgehead atoms. The largest absolute Gasteiger partial charge is 0.381 e. The molecule has 2 fully saturated rings. The number of hydrogen-bond acceptors (Lipinski definition) is 8. The lowest BCUT2D eigenvalue weighted by Crippen LogP contribution is -2.30. The number of likely N-dealkylation sites (N-methyl/N-ethyl adjacent to an activating group) is 1. The molecule has 2 saturated heterocycles. The number of carbonyl (C=O) groups is 2.